The number of aryl methyl sites for hydroxylation is 1. The predicted octanol–water partition coefficient (Wildman–Crippen LogP) is 4.17. The van der Waals surface area contributed by atoms with E-state index in [2.05, 4.69) is 22.3 Å². The van der Waals surface area contributed by atoms with Gasteiger partial charge in [-0.05, 0) is 62.6 Å². The van der Waals surface area contributed by atoms with Crippen LogP contribution in [0.4, 0.5) is 5.00 Å². The number of thiophene rings is 1. The van der Waals surface area contributed by atoms with Gasteiger partial charge in [0.2, 0.25) is 5.91 Å². The Morgan fingerprint density at radius 2 is 2.00 bits per heavy atom. The van der Waals surface area contributed by atoms with Crippen molar-refractivity contribution in [3.63, 3.8) is 0 Å². The molecule has 1 atom stereocenters. The van der Waals surface area contributed by atoms with Gasteiger partial charge in [-0.15, -0.1) is 11.3 Å². The van der Waals surface area contributed by atoms with E-state index in [0.29, 0.717) is 36.2 Å². The molecule has 31 heavy (non-hydrogen) atoms. The molecule has 1 fully saturated rings. The monoisotopic (exact) mass is 444 g/mol. The number of carbonyl (C=O) groups is 2. The first-order chi connectivity index (χ1) is 15.0. The maximum Gasteiger partial charge on any atom is 0.348 e. The lowest BCUT2D eigenvalue weighted by atomic mass is 10.0. The number of fused-ring (bicyclic) bond motifs is 1. The first kappa shape index (κ1) is 21.6. The first-order valence-electron chi connectivity index (χ1n) is 10.8. The third-order valence-corrected chi connectivity index (χ3v) is 6.64. The molecule has 0 aliphatic carbocycles. The van der Waals surface area contributed by atoms with Gasteiger partial charge in [0.1, 0.15) is 4.88 Å². The molecule has 0 radical (unpaired) electrons. The lowest BCUT2D eigenvalue weighted by Gasteiger charge is -2.24. The standard InChI is InChI=1S/C23H28N2O5S/c1-3-28-23(27)22-15(2)12-21(31-22)24-20(26)14-25-9-4-6-17(25)16-7-8-18-19(13-16)30-11-5-10-29-18/h7-8,12-13,17H,3-6,9-11,14H2,1-2H3,(H,24,26)/t17-/m1/s1. The van der Waals surface area contributed by atoms with Gasteiger partial charge in [0.25, 0.3) is 0 Å². The number of esters is 1. The fourth-order valence-corrected chi connectivity index (χ4v) is 5.07. The van der Waals surface area contributed by atoms with E-state index in [0.717, 1.165) is 48.4 Å². The number of likely N-dealkylation sites (tertiary alicyclic amines) is 1. The molecule has 1 saturated heterocycles. The average molecular weight is 445 g/mol. The van der Waals surface area contributed by atoms with E-state index in [1.54, 1.807) is 6.92 Å². The smallest absolute Gasteiger partial charge is 0.348 e. The third kappa shape index (κ3) is 5.02. The highest BCUT2D eigenvalue weighted by Gasteiger charge is 2.29. The fourth-order valence-electron chi connectivity index (χ4n) is 4.08. The van der Waals surface area contributed by atoms with Crippen LogP contribution in [-0.4, -0.2) is 49.7 Å². The molecule has 1 aromatic heterocycles. The van der Waals surface area contributed by atoms with Crippen LogP contribution in [0.1, 0.15) is 53.0 Å². The molecule has 0 unspecified atom stereocenters. The number of carbonyl (C=O) groups excluding carboxylic acids is 2. The van der Waals surface area contributed by atoms with Crippen molar-refractivity contribution < 1.29 is 23.8 Å². The summed E-state index contributed by atoms with van der Waals surface area (Å²) in [4.78, 5) is 27.5. The average Bonchev–Trinajstić information content (AvgIpc) is 3.26. The van der Waals surface area contributed by atoms with Crippen LogP contribution in [0.25, 0.3) is 0 Å². The van der Waals surface area contributed by atoms with E-state index >= 15 is 0 Å². The van der Waals surface area contributed by atoms with Crippen molar-refractivity contribution in [1.82, 2.24) is 4.90 Å². The number of anilines is 1. The molecule has 2 aliphatic heterocycles. The second-order valence-corrected chi connectivity index (χ2v) is 8.83. The molecule has 1 amide bonds. The van der Waals surface area contributed by atoms with Gasteiger partial charge in [-0.2, -0.15) is 0 Å². The molecule has 166 valence electrons. The summed E-state index contributed by atoms with van der Waals surface area (Å²) in [5, 5.41) is 3.61. The Kier molecular flexibility index (Phi) is 6.77. The van der Waals surface area contributed by atoms with Crippen LogP contribution in [-0.2, 0) is 9.53 Å². The molecule has 2 aliphatic rings. The summed E-state index contributed by atoms with van der Waals surface area (Å²) in [5.41, 5.74) is 1.95. The van der Waals surface area contributed by atoms with Crippen LogP contribution < -0.4 is 14.8 Å². The van der Waals surface area contributed by atoms with E-state index < -0.39 is 0 Å². The Bertz CT molecular complexity index is 957. The number of ether oxygens (including phenoxy) is 3. The lowest BCUT2D eigenvalue weighted by Crippen LogP contribution is -2.32. The van der Waals surface area contributed by atoms with E-state index in [1.807, 2.05) is 19.1 Å². The predicted molar refractivity (Wildman–Crippen MR) is 119 cm³/mol. The summed E-state index contributed by atoms with van der Waals surface area (Å²) in [6.45, 7) is 6.44. The van der Waals surface area contributed by atoms with Crippen LogP contribution in [0.15, 0.2) is 24.3 Å². The zero-order chi connectivity index (χ0) is 21.8. The molecule has 8 heteroatoms. The second-order valence-electron chi connectivity index (χ2n) is 7.78. The van der Waals surface area contributed by atoms with Crippen molar-refractivity contribution in [3.05, 3.63) is 40.3 Å². The number of hydrogen-bond acceptors (Lipinski definition) is 7. The molecule has 4 rings (SSSR count). The summed E-state index contributed by atoms with van der Waals surface area (Å²) in [6, 6.07) is 8.08. The molecule has 3 heterocycles. The number of hydrogen-bond donors (Lipinski definition) is 1. The van der Waals surface area contributed by atoms with Crippen LogP contribution in [0.2, 0.25) is 0 Å². The zero-order valence-corrected chi connectivity index (χ0v) is 18.8. The van der Waals surface area contributed by atoms with Gasteiger partial charge in [0.15, 0.2) is 11.5 Å². The van der Waals surface area contributed by atoms with Crippen molar-refractivity contribution in [2.75, 3.05) is 38.2 Å². The molecule has 1 aromatic carbocycles. The minimum Gasteiger partial charge on any atom is -0.490 e. The Balaban J connectivity index is 1.41. The maximum absolute atomic E-state index is 12.7. The first-order valence-corrected chi connectivity index (χ1v) is 11.6. The summed E-state index contributed by atoms with van der Waals surface area (Å²) >= 11 is 1.25. The molecule has 1 N–H and O–H groups in total. The van der Waals surface area contributed by atoms with E-state index in [1.165, 1.54) is 11.3 Å². The van der Waals surface area contributed by atoms with Gasteiger partial charge in [0, 0.05) is 12.5 Å². The van der Waals surface area contributed by atoms with Crippen molar-refractivity contribution in [2.45, 2.75) is 39.2 Å². The molecular formula is C23H28N2O5S. The molecule has 0 spiro atoms. The highest BCUT2D eigenvalue weighted by molar-refractivity contribution is 7.18. The Hall–Kier alpha value is -2.58. The van der Waals surface area contributed by atoms with E-state index in [4.69, 9.17) is 14.2 Å². The molecule has 2 aromatic rings. The number of benzene rings is 1. The van der Waals surface area contributed by atoms with Gasteiger partial charge >= 0.3 is 5.97 Å². The van der Waals surface area contributed by atoms with Gasteiger partial charge in [-0.3, -0.25) is 9.69 Å². The van der Waals surface area contributed by atoms with Crippen LogP contribution >= 0.6 is 11.3 Å². The fraction of sp³-hybridized carbons (Fsp3) is 0.478. The minimum atomic E-state index is -0.348. The Morgan fingerprint density at radius 3 is 2.81 bits per heavy atom. The topological polar surface area (TPSA) is 77.1 Å². The quantitative estimate of drug-likeness (QED) is 0.674. The third-order valence-electron chi connectivity index (χ3n) is 5.51. The SMILES string of the molecule is CCOC(=O)c1sc(NC(=O)CN2CCC[C@@H]2c2ccc3c(c2)OCCCO3)cc1C. The van der Waals surface area contributed by atoms with Crippen molar-refractivity contribution in [3.8, 4) is 11.5 Å². The van der Waals surface area contributed by atoms with E-state index in [9.17, 15) is 9.59 Å². The second kappa shape index (κ2) is 9.70. The molecule has 7 nitrogen and oxygen atoms in total. The van der Waals surface area contributed by atoms with Crippen LogP contribution in [0.5, 0.6) is 11.5 Å². The number of nitrogens with one attached hydrogen (secondary N) is 1. The van der Waals surface area contributed by atoms with Gasteiger partial charge in [0.05, 0.1) is 31.4 Å². The van der Waals surface area contributed by atoms with E-state index in [-0.39, 0.29) is 17.9 Å². The molecule has 0 bridgehead atoms. The van der Waals surface area contributed by atoms with Crippen molar-refractivity contribution >= 4 is 28.2 Å². The van der Waals surface area contributed by atoms with Crippen LogP contribution in [0, 0.1) is 6.92 Å². The molecular weight excluding hydrogens is 416 g/mol. The minimum absolute atomic E-state index is 0.0853. The van der Waals surface area contributed by atoms with Crippen molar-refractivity contribution in [1.29, 1.82) is 0 Å². The zero-order valence-electron chi connectivity index (χ0n) is 17.9. The highest BCUT2D eigenvalue weighted by Crippen LogP contribution is 2.38. The summed E-state index contributed by atoms with van der Waals surface area (Å²) in [7, 11) is 0. The summed E-state index contributed by atoms with van der Waals surface area (Å²) in [6.07, 6.45) is 2.91. The number of nitrogens with zero attached hydrogens (tertiary/aromatic N) is 1. The normalized spacial score (nSPS) is 18.5. The molecule has 0 saturated carbocycles. The largest absolute Gasteiger partial charge is 0.490 e. The maximum atomic E-state index is 12.7. The van der Waals surface area contributed by atoms with Gasteiger partial charge < -0.3 is 19.5 Å². The summed E-state index contributed by atoms with van der Waals surface area (Å²) in [5.74, 6) is 1.14. The Morgan fingerprint density at radius 1 is 1.19 bits per heavy atom. The van der Waals surface area contributed by atoms with Gasteiger partial charge in [-0.25, -0.2) is 4.79 Å². The number of amides is 1. The number of rotatable bonds is 6. The van der Waals surface area contributed by atoms with Crippen LogP contribution in [0.3, 0.4) is 0 Å². The Labute approximate surface area is 186 Å². The van der Waals surface area contributed by atoms with Gasteiger partial charge in [-0.1, -0.05) is 6.07 Å². The highest BCUT2D eigenvalue weighted by atomic mass is 32.1. The lowest BCUT2D eigenvalue weighted by molar-refractivity contribution is -0.117. The van der Waals surface area contributed by atoms with Crippen molar-refractivity contribution in [2.24, 2.45) is 0 Å². The summed E-state index contributed by atoms with van der Waals surface area (Å²) < 4.78 is 16.6.